The van der Waals surface area contributed by atoms with E-state index in [0.29, 0.717) is 17.6 Å². The lowest BCUT2D eigenvalue weighted by molar-refractivity contribution is 0.0695. The fourth-order valence-corrected chi connectivity index (χ4v) is 3.30. The summed E-state index contributed by atoms with van der Waals surface area (Å²) in [5.41, 5.74) is 1.40. The topological polar surface area (TPSA) is 49.3 Å². The van der Waals surface area contributed by atoms with E-state index in [2.05, 4.69) is 12.2 Å². The quantitative estimate of drug-likeness (QED) is 0.797. The van der Waals surface area contributed by atoms with Crippen LogP contribution in [-0.4, -0.2) is 23.2 Å². The summed E-state index contributed by atoms with van der Waals surface area (Å²) < 4.78 is 0. The molecule has 3 heteroatoms. The molecule has 0 spiro atoms. The summed E-state index contributed by atoms with van der Waals surface area (Å²) in [6.45, 7) is 2.25. The molecule has 1 fully saturated rings. The first kappa shape index (κ1) is 16.0. The number of nitrogens with one attached hydrogen (secondary N) is 1. The molecule has 1 unspecified atom stereocenters. The minimum atomic E-state index is -0.820. The first-order chi connectivity index (χ1) is 10.2. The maximum Gasteiger partial charge on any atom is 0.335 e. The first-order valence-corrected chi connectivity index (χ1v) is 8.24. The van der Waals surface area contributed by atoms with Crippen molar-refractivity contribution in [2.75, 3.05) is 0 Å². The van der Waals surface area contributed by atoms with E-state index in [-0.39, 0.29) is 0 Å². The molecular formula is C18H27NO2. The number of aromatic carboxylic acids is 1. The van der Waals surface area contributed by atoms with E-state index in [1.54, 1.807) is 12.1 Å². The Bertz CT molecular complexity index is 452. The van der Waals surface area contributed by atoms with Crippen LogP contribution in [-0.2, 0) is 6.42 Å². The zero-order valence-corrected chi connectivity index (χ0v) is 13.0. The van der Waals surface area contributed by atoms with Gasteiger partial charge in [0.2, 0.25) is 0 Å². The standard InChI is InChI=1S/C18H27NO2/c1-14(19-16-11-3-2-4-12-16)8-7-10-15-9-5-6-13-17(15)18(20)21/h5-6,9,13-14,16,19H,2-4,7-8,10-12H2,1H3,(H,20,21). The van der Waals surface area contributed by atoms with Gasteiger partial charge < -0.3 is 10.4 Å². The van der Waals surface area contributed by atoms with Gasteiger partial charge in [0.05, 0.1) is 5.56 Å². The molecule has 3 nitrogen and oxygen atoms in total. The van der Waals surface area contributed by atoms with Gasteiger partial charge in [0.1, 0.15) is 0 Å². The Labute approximate surface area is 127 Å². The fraction of sp³-hybridized carbons (Fsp3) is 0.611. The number of carboxylic acids is 1. The van der Waals surface area contributed by atoms with Crippen LogP contribution in [0.25, 0.3) is 0 Å². The molecule has 2 N–H and O–H groups in total. The fourth-order valence-electron chi connectivity index (χ4n) is 3.30. The van der Waals surface area contributed by atoms with Gasteiger partial charge in [-0.3, -0.25) is 0 Å². The monoisotopic (exact) mass is 289 g/mol. The van der Waals surface area contributed by atoms with Crippen molar-refractivity contribution in [1.82, 2.24) is 5.32 Å². The third-order valence-corrected chi connectivity index (χ3v) is 4.46. The second-order valence-corrected chi connectivity index (χ2v) is 6.26. The Morgan fingerprint density at radius 1 is 1.29 bits per heavy atom. The molecule has 0 heterocycles. The molecule has 116 valence electrons. The summed E-state index contributed by atoms with van der Waals surface area (Å²) in [5.74, 6) is -0.820. The van der Waals surface area contributed by atoms with Gasteiger partial charge in [0.25, 0.3) is 0 Å². The van der Waals surface area contributed by atoms with Crippen molar-refractivity contribution in [2.24, 2.45) is 0 Å². The van der Waals surface area contributed by atoms with Crippen LogP contribution in [0.1, 0.15) is 67.8 Å². The van der Waals surface area contributed by atoms with E-state index in [0.717, 1.165) is 24.8 Å². The van der Waals surface area contributed by atoms with Gasteiger partial charge >= 0.3 is 5.97 Å². The molecule has 0 radical (unpaired) electrons. The maximum absolute atomic E-state index is 11.2. The highest BCUT2D eigenvalue weighted by atomic mass is 16.4. The summed E-state index contributed by atoms with van der Waals surface area (Å²) >= 11 is 0. The van der Waals surface area contributed by atoms with Crippen LogP contribution in [0, 0.1) is 0 Å². The van der Waals surface area contributed by atoms with Crippen molar-refractivity contribution in [2.45, 2.75) is 70.4 Å². The third kappa shape index (κ3) is 5.16. The minimum absolute atomic E-state index is 0.449. The maximum atomic E-state index is 11.2. The molecule has 1 atom stereocenters. The largest absolute Gasteiger partial charge is 0.478 e. The summed E-state index contributed by atoms with van der Waals surface area (Å²) in [6, 6.07) is 8.56. The molecule has 0 bridgehead atoms. The smallest absolute Gasteiger partial charge is 0.335 e. The van der Waals surface area contributed by atoms with E-state index >= 15 is 0 Å². The molecule has 1 aromatic carbocycles. The average Bonchev–Trinajstić information content (AvgIpc) is 2.48. The van der Waals surface area contributed by atoms with Crippen molar-refractivity contribution in [1.29, 1.82) is 0 Å². The van der Waals surface area contributed by atoms with Crippen molar-refractivity contribution >= 4 is 5.97 Å². The van der Waals surface area contributed by atoms with Crippen LogP contribution in [0.3, 0.4) is 0 Å². The Hall–Kier alpha value is -1.35. The number of carboxylic acid groups (broad SMARTS) is 1. The molecule has 0 amide bonds. The first-order valence-electron chi connectivity index (χ1n) is 8.24. The van der Waals surface area contributed by atoms with Gasteiger partial charge in [-0.2, -0.15) is 0 Å². The SMILES string of the molecule is CC(CCCc1ccccc1C(=O)O)NC1CCCCC1. The zero-order chi connectivity index (χ0) is 15.1. The van der Waals surface area contributed by atoms with Crippen LogP contribution < -0.4 is 5.32 Å². The van der Waals surface area contributed by atoms with E-state index in [1.807, 2.05) is 12.1 Å². The Morgan fingerprint density at radius 2 is 2.00 bits per heavy atom. The van der Waals surface area contributed by atoms with Crippen LogP contribution in [0.15, 0.2) is 24.3 Å². The Morgan fingerprint density at radius 3 is 2.71 bits per heavy atom. The summed E-state index contributed by atoms with van der Waals surface area (Å²) in [7, 11) is 0. The number of carbonyl (C=O) groups is 1. The molecule has 1 aliphatic carbocycles. The highest BCUT2D eigenvalue weighted by molar-refractivity contribution is 5.89. The zero-order valence-electron chi connectivity index (χ0n) is 13.0. The van der Waals surface area contributed by atoms with Crippen LogP contribution in [0.4, 0.5) is 0 Å². The second-order valence-electron chi connectivity index (χ2n) is 6.26. The van der Waals surface area contributed by atoms with Crippen LogP contribution >= 0.6 is 0 Å². The van der Waals surface area contributed by atoms with Crippen molar-refractivity contribution in [3.8, 4) is 0 Å². The molecule has 0 aliphatic heterocycles. The lowest BCUT2D eigenvalue weighted by Crippen LogP contribution is -2.37. The summed E-state index contributed by atoms with van der Waals surface area (Å²) in [6.07, 6.45) is 9.71. The number of hydrogen-bond donors (Lipinski definition) is 2. The van der Waals surface area contributed by atoms with Gasteiger partial charge in [0.15, 0.2) is 0 Å². The minimum Gasteiger partial charge on any atom is -0.478 e. The van der Waals surface area contributed by atoms with E-state index in [9.17, 15) is 9.90 Å². The number of benzene rings is 1. The van der Waals surface area contributed by atoms with Crippen molar-refractivity contribution < 1.29 is 9.90 Å². The number of aryl methyl sites for hydroxylation is 1. The van der Waals surface area contributed by atoms with Gasteiger partial charge in [-0.25, -0.2) is 4.79 Å². The Kier molecular flexibility index (Phi) is 6.24. The van der Waals surface area contributed by atoms with E-state index < -0.39 is 5.97 Å². The molecule has 21 heavy (non-hydrogen) atoms. The van der Waals surface area contributed by atoms with E-state index in [1.165, 1.54) is 32.1 Å². The van der Waals surface area contributed by atoms with Gasteiger partial charge in [-0.15, -0.1) is 0 Å². The predicted molar refractivity (Wildman–Crippen MR) is 85.8 cm³/mol. The molecule has 0 saturated heterocycles. The summed E-state index contributed by atoms with van der Waals surface area (Å²) in [4.78, 5) is 11.2. The lowest BCUT2D eigenvalue weighted by Gasteiger charge is -2.26. The molecule has 1 saturated carbocycles. The molecule has 0 aromatic heterocycles. The molecule has 1 aliphatic rings. The highest BCUT2D eigenvalue weighted by Crippen LogP contribution is 2.19. The third-order valence-electron chi connectivity index (χ3n) is 4.46. The average molecular weight is 289 g/mol. The Balaban J connectivity index is 1.74. The van der Waals surface area contributed by atoms with Gasteiger partial charge in [-0.1, -0.05) is 37.5 Å². The molecule has 2 rings (SSSR count). The molecule has 1 aromatic rings. The van der Waals surface area contributed by atoms with Crippen molar-refractivity contribution in [3.05, 3.63) is 35.4 Å². The van der Waals surface area contributed by atoms with Crippen molar-refractivity contribution in [3.63, 3.8) is 0 Å². The normalized spacial score (nSPS) is 17.6. The van der Waals surface area contributed by atoms with Crippen LogP contribution in [0.2, 0.25) is 0 Å². The highest BCUT2D eigenvalue weighted by Gasteiger charge is 2.15. The van der Waals surface area contributed by atoms with Crippen LogP contribution in [0.5, 0.6) is 0 Å². The van der Waals surface area contributed by atoms with Gasteiger partial charge in [0, 0.05) is 12.1 Å². The number of rotatable bonds is 7. The predicted octanol–water partition coefficient (Wildman–Crippen LogP) is 4.02. The number of hydrogen-bond acceptors (Lipinski definition) is 2. The lowest BCUT2D eigenvalue weighted by atomic mass is 9.94. The second kappa shape index (κ2) is 8.18. The van der Waals surface area contributed by atoms with Gasteiger partial charge in [-0.05, 0) is 50.7 Å². The summed E-state index contributed by atoms with van der Waals surface area (Å²) in [5, 5.41) is 12.9. The van der Waals surface area contributed by atoms with E-state index in [4.69, 9.17) is 0 Å². The molecular weight excluding hydrogens is 262 g/mol.